The second-order valence-corrected chi connectivity index (χ2v) is 3.37. The fourth-order valence-electron chi connectivity index (χ4n) is 0.651. The highest BCUT2D eigenvalue weighted by Gasteiger charge is 2.29. The van der Waals surface area contributed by atoms with Gasteiger partial charge in [0.1, 0.15) is 6.54 Å². The Morgan fingerprint density at radius 3 is 2.08 bits per heavy atom. The minimum atomic E-state index is -4.33. The van der Waals surface area contributed by atoms with Crippen molar-refractivity contribution >= 4 is 5.91 Å². The average molecular weight is 197 g/mol. The van der Waals surface area contributed by atoms with E-state index in [1.807, 2.05) is 5.32 Å². The minimum Gasteiger partial charge on any atom is -0.347 e. The van der Waals surface area contributed by atoms with Gasteiger partial charge >= 0.3 is 6.18 Å². The van der Waals surface area contributed by atoms with E-state index in [-0.39, 0.29) is 11.8 Å². The van der Waals surface area contributed by atoms with E-state index in [2.05, 4.69) is 0 Å². The Labute approximate surface area is 75.5 Å². The second kappa shape index (κ2) is 4.48. The highest BCUT2D eigenvalue weighted by atomic mass is 19.4. The molecule has 0 saturated carbocycles. The topological polar surface area (TPSA) is 29.1 Å². The van der Waals surface area contributed by atoms with Crippen LogP contribution in [0.5, 0.6) is 0 Å². The summed E-state index contributed by atoms with van der Waals surface area (Å²) >= 11 is 0. The van der Waals surface area contributed by atoms with Crippen molar-refractivity contribution in [3.05, 3.63) is 0 Å². The molecular weight excluding hydrogens is 183 g/mol. The summed E-state index contributed by atoms with van der Waals surface area (Å²) in [5.41, 5.74) is 0. The fraction of sp³-hybridized carbons (Fsp3) is 0.875. The minimum absolute atomic E-state index is 0.0493. The predicted octanol–water partition coefficient (Wildman–Crippen LogP) is 1.96. The van der Waals surface area contributed by atoms with Gasteiger partial charge in [0, 0.05) is 5.92 Å². The summed E-state index contributed by atoms with van der Waals surface area (Å²) in [4.78, 5) is 11.0. The van der Waals surface area contributed by atoms with Crippen LogP contribution in [0, 0.1) is 11.8 Å². The summed E-state index contributed by atoms with van der Waals surface area (Å²) in [6.45, 7) is 3.94. The number of carbonyl (C=O) groups is 1. The molecule has 0 aliphatic heterocycles. The molecule has 5 heteroatoms. The van der Waals surface area contributed by atoms with E-state index in [0.717, 1.165) is 0 Å². The second-order valence-electron chi connectivity index (χ2n) is 3.37. The van der Waals surface area contributed by atoms with E-state index in [0.29, 0.717) is 0 Å². The summed E-state index contributed by atoms with van der Waals surface area (Å²) in [6, 6.07) is 0. The van der Waals surface area contributed by atoms with Crippen molar-refractivity contribution in [2.24, 2.45) is 11.8 Å². The summed E-state index contributed by atoms with van der Waals surface area (Å²) in [5, 5.41) is 1.84. The molecule has 2 nitrogen and oxygen atoms in total. The quantitative estimate of drug-likeness (QED) is 0.736. The molecule has 0 fully saturated rings. The molecular formula is C8H14F3NO. The van der Waals surface area contributed by atoms with Gasteiger partial charge < -0.3 is 5.32 Å². The number of hydrogen-bond donors (Lipinski definition) is 1. The number of rotatable bonds is 3. The highest BCUT2D eigenvalue weighted by molar-refractivity contribution is 5.78. The number of halogens is 3. The zero-order valence-corrected chi connectivity index (χ0v) is 7.90. The van der Waals surface area contributed by atoms with E-state index in [1.165, 1.54) is 0 Å². The monoisotopic (exact) mass is 197 g/mol. The predicted molar refractivity (Wildman–Crippen MR) is 43.1 cm³/mol. The lowest BCUT2D eigenvalue weighted by Crippen LogP contribution is -2.38. The van der Waals surface area contributed by atoms with Gasteiger partial charge in [0.15, 0.2) is 0 Å². The standard InChI is InChI=1S/C8H14F3NO/c1-5(2)6(3)7(13)12-4-8(9,10)11/h5-6H,4H2,1-3H3,(H,12,13)/t6-/m0/s1. The lowest BCUT2D eigenvalue weighted by molar-refractivity contribution is -0.141. The first-order valence-electron chi connectivity index (χ1n) is 4.08. The first-order chi connectivity index (χ1) is 5.74. The molecule has 0 spiro atoms. The molecule has 0 aromatic rings. The van der Waals surface area contributed by atoms with E-state index in [4.69, 9.17) is 0 Å². The molecule has 0 aromatic carbocycles. The van der Waals surface area contributed by atoms with Gasteiger partial charge in [-0.3, -0.25) is 4.79 Å². The van der Waals surface area contributed by atoms with Crippen LogP contribution in [0.25, 0.3) is 0 Å². The summed E-state index contributed by atoms with van der Waals surface area (Å²) in [7, 11) is 0. The van der Waals surface area contributed by atoms with Crippen LogP contribution in [0.2, 0.25) is 0 Å². The molecule has 0 bridgehead atoms. The number of hydrogen-bond acceptors (Lipinski definition) is 1. The average Bonchev–Trinajstić information content (AvgIpc) is 1.97. The van der Waals surface area contributed by atoms with Gasteiger partial charge in [-0.1, -0.05) is 20.8 Å². The molecule has 0 rings (SSSR count). The Morgan fingerprint density at radius 2 is 1.77 bits per heavy atom. The molecule has 78 valence electrons. The van der Waals surface area contributed by atoms with Gasteiger partial charge in [-0.2, -0.15) is 13.2 Å². The van der Waals surface area contributed by atoms with Gasteiger partial charge in [-0.05, 0) is 5.92 Å². The molecule has 0 aliphatic rings. The van der Waals surface area contributed by atoms with Crippen molar-refractivity contribution in [2.45, 2.75) is 26.9 Å². The normalized spacial score (nSPS) is 14.4. The fourth-order valence-corrected chi connectivity index (χ4v) is 0.651. The maximum absolute atomic E-state index is 11.7. The number of carbonyl (C=O) groups excluding carboxylic acids is 1. The summed E-state index contributed by atoms with van der Waals surface area (Å²) in [5.74, 6) is -0.886. The Morgan fingerprint density at radius 1 is 1.31 bits per heavy atom. The van der Waals surface area contributed by atoms with Crippen molar-refractivity contribution in [2.75, 3.05) is 6.54 Å². The maximum atomic E-state index is 11.7. The molecule has 0 heterocycles. The van der Waals surface area contributed by atoms with Gasteiger partial charge in [0.25, 0.3) is 0 Å². The van der Waals surface area contributed by atoms with Crippen LogP contribution >= 0.6 is 0 Å². The third kappa shape index (κ3) is 5.49. The van der Waals surface area contributed by atoms with E-state index < -0.39 is 18.6 Å². The molecule has 0 aliphatic carbocycles. The molecule has 1 atom stereocenters. The van der Waals surface area contributed by atoms with Crippen molar-refractivity contribution in [1.82, 2.24) is 5.32 Å². The zero-order chi connectivity index (χ0) is 10.6. The molecule has 1 N–H and O–H groups in total. The number of amides is 1. The van der Waals surface area contributed by atoms with E-state index >= 15 is 0 Å². The Bertz CT molecular complexity index is 177. The maximum Gasteiger partial charge on any atom is 0.405 e. The molecule has 1 amide bonds. The molecule has 0 aromatic heterocycles. The van der Waals surface area contributed by atoms with Crippen molar-refractivity contribution in [1.29, 1.82) is 0 Å². The van der Waals surface area contributed by atoms with Gasteiger partial charge in [-0.25, -0.2) is 0 Å². The zero-order valence-electron chi connectivity index (χ0n) is 7.90. The van der Waals surface area contributed by atoms with Crippen LogP contribution < -0.4 is 5.32 Å². The van der Waals surface area contributed by atoms with Crippen LogP contribution in [0.4, 0.5) is 13.2 Å². The van der Waals surface area contributed by atoms with Crippen LogP contribution in [0.3, 0.4) is 0 Å². The molecule has 0 saturated heterocycles. The summed E-state index contributed by atoms with van der Waals surface area (Å²) < 4.78 is 35.0. The highest BCUT2D eigenvalue weighted by Crippen LogP contribution is 2.14. The number of nitrogens with one attached hydrogen (secondary N) is 1. The van der Waals surface area contributed by atoms with Crippen LogP contribution in [0.1, 0.15) is 20.8 Å². The SMILES string of the molecule is CC(C)[C@H](C)C(=O)NCC(F)(F)F. The lowest BCUT2D eigenvalue weighted by atomic mass is 9.97. The molecule has 0 unspecified atom stereocenters. The molecule has 13 heavy (non-hydrogen) atoms. The van der Waals surface area contributed by atoms with Gasteiger partial charge in [0.2, 0.25) is 5.91 Å². The number of alkyl halides is 3. The smallest absolute Gasteiger partial charge is 0.347 e. The Kier molecular flexibility index (Phi) is 4.23. The molecule has 0 radical (unpaired) electrons. The van der Waals surface area contributed by atoms with Crippen LogP contribution in [0.15, 0.2) is 0 Å². The van der Waals surface area contributed by atoms with Crippen molar-refractivity contribution in [3.8, 4) is 0 Å². The van der Waals surface area contributed by atoms with Crippen molar-refractivity contribution in [3.63, 3.8) is 0 Å². The van der Waals surface area contributed by atoms with Gasteiger partial charge in [0.05, 0.1) is 0 Å². The Hall–Kier alpha value is -0.740. The first-order valence-corrected chi connectivity index (χ1v) is 4.08. The van der Waals surface area contributed by atoms with E-state index in [9.17, 15) is 18.0 Å². The first kappa shape index (κ1) is 12.3. The Balaban J connectivity index is 3.89. The van der Waals surface area contributed by atoms with Gasteiger partial charge in [-0.15, -0.1) is 0 Å². The third-order valence-corrected chi connectivity index (χ3v) is 1.88. The van der Waals surface area contributed by atoms with Crippen LogP contribution in [-0.2, 0) is 4.79 Å². The van der Waals surface area contributed by atoms with Crippen LogP contribution in [-0.4, -0.2) is 18.6 Å². The van der Waals surface area contributed by atoms with E-state index in [1.54, 1.807) is 20.8 Å². The van der Waals surface area contributed by atoms with Crippen molar-refractivity contribution < 1.29 is 18.0 Å². The third-order valence-electron chi connectivity index (χ3n) is 1.88. The largest absolute Gasteiger partial charge is 0.405 e. The lowest BCUT2D eigenvalue weighted by Gasteiger charge is -2.16. The summed E-state index contributed by atoms with van der Waals surface area (Å²) in [6.07, 6.45) is -4.33.